The molecule has 7 heteroatoms. The molecule has 0 saturated heterocycles. The Morgan fingerprint density at radius 2 is 1.50 bits per heavy atom. The number of rotatable bonds is 3. The average molecular weight is 384 g/mol. The number of carboxylic acid groups (broad SMARTS) is 1. The molecule has 0 spiro atoms. The largest absolute Gasteiger partial charge is 0.476 e. The molecule has 1 N–H and O–H groups in total. The summed E-state index contributed by atoms with van der Waals surface area (Å²) in [5.74, 6) is -1.06. The molecular formula is C17H13Cl3N2O2. The lowest BCUT2D eigenvalue weighted by atomic mass is 10.1. The molecule has 2 aromatic carbocycles. The van der Waals surface area contributed by atoms with Crippen molar-refractivity contribution in [1.82, 2.24) is 9.78 Å². The molecule has 1 heterocycles. The summed E-state index contributed by atoms with van der Waals surface area (Å²) in [6.45, 7) is 1.74. The van der Waals surface area contributed by atoms with Crippen LogP contribution in [0.25, 0.3) is 16.9 Å². The molecule has 24 heavy (non-hydrogen) atoms. The monoisotopic (exact) mass is 382 g/mol. The molecule has 0 atom stereocenters. The Bertz CT molecular complexity index is 872. The molecule has 0 aliphatic heterocycles. The number of benzene rings is 2. The summed E-state index contributed by atoms with van der Waals surface area (Å²) in [7, 11) is 0. The SMILES string of the molecule is Cc1c(C(=O)O)nn(-c2ccc(Cl)cc2)c1-c1ccc(Cl)cc1.Cl. The number of aromatic carboxylic acids is 1. The van der Waals surface area contributed by atoms with Gasteiger partial charge in [-0.15, -0.1) is 12.4 Å². The molecule has 3 aromatic rings. The summed E-state index contributed by atoms with van der Waals surface area (Å²) in [5, 5.41) is 14.8. The molecule has 0 amide bonds. The van der Waals surface area contributed by atoms with Crippen molar-refractivity contribution in [3.8, 4) is 16.9 Å². The van der Waals surface area contributed by atoms with Crippen LogP contribution in [0.4, 0.5) is 0 Å². The number of carbonyl (C=O) groups is 1. The molecule has 0 saturated carbocycles. The Morgan fingerprint density at radius 1 is 1.00 bits per heavy atom. The first kappa shape index (κ1) is 18.3. The van der Waals surface area contributed by atoms with Crippen molar-refractivity contribution in [2.24, 2.45) is 0 Å². The summed E-state index contributed by atoms with van der Waals surface area (Å²) < 4.78 is 1.61. The second-order valence-electron chi connectivity index (χ2n) is 5.02. The van der Waals surface area contributed by atoms with E-state index in [1.54, 1.807) is 48.0 Å². The van der Waals surface area contributed by atoms with Crippen LogP contribution in [0.5, 0.6) is 0 Å². The Kier molecular flexibility index (Phi) is 5.54. The van der Waals surface area contributed by atoms with Crippen LogP contribution in [0.15, 0.2) is 48.5 Å². The highest BCUT2D eigenvalue weighted by atomic mass is 35.5. The van der Waals surface area contributed by atoms with Gasteiger partial charge >= 0.3 is 5.97 Å². The van der Waals surface area contributed by atoms with Crippen LogP contribution in [0, 0.1) is 6.92 Å². The van der Waals surface area contributed by atoms with Crippen molar-refractivity contribution in [2.45, 2.75) is 6.92 Å². The van der Waals surface area contributed by atoms with E-state index < -0.39 is 5.97 Å². The zero-order chi connectivity index (χ0) is 16.6. The summed E-state index contributed by atoms with van der Waals surface area (Å²) in [4.78, 5) is 11.4. The fraction of sp³-hybridized carbons (Fsp3) is 0.0588. The molecular weight excluding hydrogens is 371 g/mol. The number of hydrogen-bond donors (Lipinski definition) is 1. The van der Waals surface area contributed by atoms with Crippen molar-refractivity contribution >= 4 is 41.6 Å². The molecule has 3 rings (SSSR count). The number of carboxylic acids is 1. The third-order valence-electron chi connectivity index (χ3n) is 3.51. The average Bonchev–Trinajstić information content (AvgIpc) is 2.87. The highest BCUT2D eigenvalue weighted by molar-refractivity contribution is 6.30. The minimum absolute atomic E-state index is 0. The van der Waals surface area contributed by atoms with Gasteiger partial charge in [0.15, 0.2) is 5.69 Å². The lowest BCUT2D eigenvalue weighted by Crippen LogP contribution is -2.02. The fourth-order valence-electron chi connectivity index (χ4n) is 2.41. The molecule has 1 aromatic heterocycles. The second-order valence-corrected chi connectivity index (χ2v) is 5.90. The standard InChI is InChI=1S/C17H12Cl2N2O2.ClH/c1-10-15(17(22)23)20-21(14-8-6-13(19)7-9-14)16(10)11-2-4-12(18)5-3-11;/h2-9H,1H3,(H,22,23);1H. The van der Waals surface area contributed by atoms with Crippen molar-refractivity contribution < 1.29 is 9.90 Å². The van der Waals surface area contributed by atoms with Gasteiger partial charge in [-0.25, -0.2) is 9.48 Å². The lowest BCUT2D eigenvalue weighted by molar-refractivity contribution is 0.0689. The first-order chi connectivity index (χ1) is 11.0. The topological polar surface area (TPSA) is 55.1 Å². The van der Waals surface area contributed by atoms with Gasteiger partial charge in [0, 0.05) is 21.2 Å². The van der Waals surface area contributed by atoms with Gasteiger partial charge in [0.05, 0.1) is 11.4 Å². The molecule has 4 nitrogen and oxygen atoms in total. The number of halogens is 3. The molecule has 0 bridgehead atoms. The summed E-state index contributed by atoms with van der Waals surface area (Å²) in [6.07, 6.45) is 0. The maximum Gasteiger partial charge on any atom is 0.356 e. The lowest BCUT2D eigenvalue weighted by Gasteiger charge is -2.09. The maximum atomic E-state index is 11.4. The van der Waals surface area contributed by atoms with Crippen LogP contribution < -0.4 is 0 Å². The smallest absolute Gasteiger partial charge is 0.356 e. The highest BCUT2D eigenvalue weighted by Gasteiger charge is 2.21. The van der Waals surface area contributed by atoms with Crippen molar-refractivity contribution in [3.05, 3.63) is 69.8 Å². The minimum atomic E-state index is -1.06. The van der Waals surface area contributed by atoms with Gasteiger partial charge in [0.1, 0.15) is 0 Å². The molecule has 0 aliphatic carbocycles. The van der Waals surface area contributed by atoms with Gasteiger partial charge in [-0.05, 0) is 43.3 Å². The third kappa shape index (κ3) is 3.41. The molecule has 124 valence electrons. The number of hydrogen-bond acceptors (Lipinski definition) is 2. The van der Waals surface area contributed by atoms with Gasteiger partial charge in [-0.3, -0.25) is 0 Å². The van der Waals surface area contributed by atoms with E-state index in [1.807, 2.05) is 12.1 Å². The molecule has 0 radical (unpaired) electrons. The van der Waals surface area contributed by atoms with Crippen LogP contribution in [0.1, 0.15) is 16.1 Å². The van der Waals surface area contributed by atoms with Crippen molar-refractivity contribution in [3.63, 3.8) is 0 Å². The summed E-state index contributed by atoms with van der Waals surface area (Å²) in [6, 6.07) is 14.3. The summed E-state index contributed by atoms with van der Waals surface area (Å²) >= 11 is 11.9. The van der Waals surface area contributed by atoms with E-state index >= 15 is 0 Å². The predicted octanol–water partition coefficient (Wildman–Crippen LogP) is 5.27. The van der Waals surface area contributed by atoms with Crippen LogP contribution in [0.2, 0.25) is 10.0 Å². The van der Waals surface area contributed by atoms with E-state index in [4.69, 9.17) is 23.2 Å². The normalized spacial score (nSPS) is 10.3. The van der Waals surface area contributed by atoms with Crippen LogP contribution in [-0.4, -0.2) is 20.9 Å². The van der Waals surface area contributed by atoms with Gasteiger partial charge in [0.25, 0.3) is 0 Å². The minimum Gasteiger partial charge on any atom is -0.476 e. The molecule has 0 fully saturated rings. The van der Waals surface area contributed by atoms with Gasteiger partial charge in [0.2, 0.25) is 0 Å². The van der Waals surface area contributed by atoms with Gasteiger partial charge < -0.3 is 5.11 Å². The van der Waals surface area contributed by atoms with E-state index in [-0.39, 0.29) is 18.1 Å². The van der Waals surface area contributed by atoms with E-state index in [9.17, 15) is 9.90 Å². The Labute approximate surface area is 155 Å². The van der Waals surface area contributed by atoms with Crippen LogP contribution in [0.3, 0.4) is 0 Å². The highest BCUT2D eigenvalue weighted by Crippen LogP contribution is 2.30. The van der Waals surface area contributed by atoms with Crippen LogP contribution in [-0.2, 0) is 0 Å². The van der Waals surface area contributed by atoms with Crippen molar-refractivity contribution in [1.29, 1.82) is 0 Å². The van der Waals surface area contributed by atoms with Gasteiger partial charge in [-0.2, -0.15) is 5.10 Å². The van der Waals surface area contributed by atoms with Crippen LogP contribution >= 0.6 is 35.6 Å². The first-order valence-corrected chi connectivity index (χ1v) is 7.58. The molecule has 0 unspecified atom stereocenters. The predicted molar refractivity (Wildman–Crippen MR) is 98.0 cm³/mol. The third-order valence-corrected chi connectivity index (χ3v) is 4.02. The van der Waals surface area contributed by atoms with Gasteiger partial charge in [-0.1, -0.05) is 35.3 Å². The maximum absolute atomic E-state index is 11.4. The summed E-state index contributed by atoms with van der Waals surface area (Å²) in [5.41, 5.74) is 2.89. The first-order valence-electron chi connectivity index (χ1n) is 6.82. The van der Waals surface area contributed by atoms with E-state index in [0.717, 1.165) is 11.3 Å². The zero-order valence-corrected chi connectivity index (χ0v) is 14.9. The fourth-order valence-corrected chi connectivity index (χ4v) is 2.67. The Hall–Kier alpha value is -2.01. The second kappa shape index (κ2) is 7.26. The number of nitrogens with zero attached hydrogens (tertiary/aromatic N) is 2. The Balaban J connectivity index is 0.00000208. The molecule has 0 aliphatic rings. The zero-order valence-electron chi connectivity index (χ0n) is 12.5. The quantitative estimate of drug-likeness (QED) is 0.670. The van der Waals surface area contributed by atoms with E-state index in [2.05, 4.69) is 5.10 Å². The Morgan fingerprint density at radius 3 is 2.00 bits per heavy atom. The van der Waals surface area contributed by atoms with Crippen molar-refractivity contribution in [2.75, 3.05) is 0 Å². The van der Waals surface area contributed by atoms with E-state index in [1.165, 1.54) is 0 Å². The van der Waals surface area contributed by atoms with E-state index in [0.29, 0.717) is 21.3 Å². The number of aromatic nitrogens is 2.